The number of nitrogens with one attached hydrogen (secondary N) is 1. The van der Waals surface area contributed by atoms with Gasteiger partial charge in [0.15, 0.2) is 0 Å². The van der Waals surface area contributed by atoms with Gasteiger partial charge >= 0.3 is 0 Å². The highest BCUT2D eigenvalue weighted by molar-refractivity contribution is 5.83. The lowest BCUT2D eigenvalue weighted by atomic mass is 10.1. The van der Waals surface area contributed by atoms with Gasteiger partial charge in [-0.25, -0.2) is 0 Å². The van der Waals surface area contributed by atoms with Crippen LogP contribution in [-0.4, -0.2) is 31.4 Å². The fourth-order valence-electron chi connectivity index (χ4n) is 2.48. The number of fused-ring (bicyclic) bond motifs is 1. The van der Waals surface area contributed by atoms with Crippen LogP contribution in [0.3, 0.4) is 0 Å². The third-order valence-corrected chi connectivity index (χ3v) is 3.46. The molecule has 0 amide bonds. The topological polar surface area (TPSA) is 26.2 Å². The van der Waals surface area contributed by atoms with Gasteiger partial charge in [0.1, 0.15) is 0 Å². The van der Waals surface area contributed by atoms with E-state index in [1.54, 1.807) is 7.11 Å². The van der Waals surface area contributed by atoms with E-state index in [9.17, 15) is 0 Å². The number of para-hydroxylation sites is 1. The average molecular weight is 260 g/mol. The highest BCUT2D eigenvalue weighted by atomic mass is 16.5. The van der Waals surface area contributed by atoms with Gasteiger partial charge in [-0.1, -0.05) is 25.1 Å². The molecule has 0 aliphatic heterocycles. The summed E-state index contributed by atoms with van der Waals surface area (Å²) in [7, 11) is 1.75. The summed E-state index contributed by atoms with van der Waals surface area (Å²) in [6.45, 7) is 5.97. The molecule has 0 bridgehead atoms. The summed E-state index contributed by atoms with van der Waals surface area (Å²) in [6.07, 6.45) is 4.61. The number of rotatable bonds is 8. The van der Waals surface area contributed by atoms with E-state index in [2.05, 4.69) is 47.3 Å². The number of methoxy groups -OCH3 is 1. The molecule has 1 heterocycles. The molecule has 0 spiro atoms. The first-order valence-corrected chi connectivity index (χ1v) is 7.13. The number of aryl methyl sites for hydroxylation is 1. The molecule has 0 atom stereocenters. The van der Waals surface area contributed by atoms with E-state index < -0.39 is 0 Å². The SMILES string of the molecule is CCNCCCc1cn(CCOC)c2ccccc12. The van der Waals surface area contributed by atoms with Crippen LogP contribution in [0.1, 0.15) is 18.9 Å². The van der Waals surface area contributed by atoms with Crippen molar-refractivity contribution >= 4 is 10.9 Å². The molecule has 3 nitrogen and oxygen atoms in total. The molecular formula is C16H24N2O. The molecule has 0 unspecified atom stereocenters. The standard InChI is InChI=1S/C16H24N2O/c1-3-17-10-6-7-14-13-18(11-12-19-2)16-9-5-4-8-15(14)16/h4-5,8-9,13,17H,3,6-7,10-12H2,1-2H3. The van der Waals surface area contributed by atoms with E-state index in [0.717, 1.165) is 32.7 Å². The Labute approximate surface area is 115 Å². The van der Waals surface area contributed by atoms with Crippen LogP contribution in [0.4, 0.5) is 0 Å². The Balaban J connectivity index is 2.13. The van der Waals surface area contributed by atoms with Crippen LogP contribution in [0, 0.1) is 0 Å². The Kier molecular flexibility index (Phi) is 5.43. The van der Waals surface area contributed by atoms with Crippen LogP contribution in [-0.2, 0) is 17.7 Å². The third-order valence-electron chi connectivity index (χ3n) is 3.46. The van der Waals surface area contributed by atoms with Gasteiger partial charge in [-0.15, -0.1) is 0 Å². The van der Waals surface area contributed by atoms with Crippen molar-refractivity contribution in [1.82, 2.24) is 9.88 Å². The summed E-state index contributed by atoms with van der Waals surface area (Å²) >= 11 is 0. The van der Waals surface area contributed by atoms with Gasteiger partial charge in [0.25, 0.3) is 0 Å². The predicted octanol–water partition coefficient (Wildman–Crippen LogP) is 2.83. The zero-order valence-corrected chi connectivity index (χ0v) is 12.0. The van der Waals surface area contributed by atoms with Crippen molar-refractivity contribution in [2.24, 2.45) is 0 Å². The normalized spacial score (nSPS) is 11.3. The van der Waals surface area contributed by atoms with E-state index in [1.165, 1.54) is 22.9 Å². The maximum absolute atomic E-state index is 5.19. The fourth-order valence-corrected chi connectivity index (χ4v) is 2.48. The van der Waals surface area contributed by atoms with Gasteiger partial charge < -0.3 is 14.6 Å². The molecule has 2 aromatic rings. The maximum Gasteiger partial charge on any atom is 0.0641 e. The second kappa shape index (κ2) is 7.31. The van der Waals surface area contributed by atoms with E-state index in [0.29, 0.717) is 0 Å². The van der Waals surface area contributed by atoms with Crippen LogP contribution >= 0.6 is 0 Å². The van der Waals surface area contributed by atoms with Crippen molar-refractivity contribution < 1.29 is 4.74 Å². The zero-order valence-electron chi connectivity index (χ0n) is 12.0. The molecule has 1 N–H and O–H groups in total. The number of hydrogen-bond donors (Lipinski definition) is 1. The summed E-state index contributed by atoms with van der Waals surface area (Å²) in [4.78, 5) is 0. The summed E-state index contributed by atoms with van der Waals surface area (Å²) in [5.74, 6) is 0. The molecule has 0 aliphatic rings. The molecule has 1 aromatic heterocycles. The molecule has 0 saturated heterocycles. The number of ether oxygens (including phenoxy) is 1. The minimum Gasteiger partial charge on any atom is -0.383 e. The van der Waals surface area contributed by atoms with E-state index in [1.807, 2.05) is 0 Å². The van der Waals surface area contributed by atoms with Gasteiger partial charge in [0.05, 0.1) is 6.61 Å². The molecule has 104 valence electrons. The maximum atomic E-state index is 5.19. The van der Waals surface area contributed by atoms with Gasteiger partial charge in [0.2, 0.25) is 0 Å². The Bertz CT molecular complexity index is 504. The fraction of sp³-hybridized carbons (Fsp3) is 0.500. The Hall–Kier alpha value is -1.32. The molecule has 0 radical (unpaired) electrons. The second-order valence-corrected chi connectivity index (χ2v) is 4.81. The van der Waals surface area contributed by atoms with Crippen molar-refractivity contribution in [1.29, 1.82) is 0 Å². The molecule has 2 rings (SSSR count). The summed E-state index contributed by atoms with van der Waals surface area (Å²) in [6, 6.07) is 8.64. The highest BCUT2D eigenvalue weighted by Gasteiger charge is 2.07. The predicted molar refractivity (Wildman–Crippen MR) is 80.7 cm³/mol. The lowest BCUT2D eigenvalue weighted by Gasteiger charge is -2.03. The van der Waals surface area contributed by atoms with Crippen LogP contribution in [0.25, 0.3) is 10.9 Å². The number of nitrogens with zero attached hydrogens (tertiary/aromatic N) is 1. The number of hydrogen-bond acceptors (Lipinski definition) is 2. The molecule has 0 aliphatic carbocycles. The molecule has 1 aromatic carbocycles. The average Bonchev–Trinajstić information content (AvgIpc) is 2.80. The Morgan fingerprint density at radius 3 is 2.89 bits per heavy atom. The van der Waals surface area contributed by atoms with Crippen molar-refractivity contribution in [3.8, 4) is 0 Å². The van der Waals surface area contributed by atoms with Crippen LogP contribution in [0.2, 0.25) is 0 Å². The van der Waals surface area contributed by atoms with Crippen LogP contribution in [0.15, 0.2) is 30.5 Å². The van der Waals surface area contributed by atoms with E-state index >= 15 is 0 Å². The number of benzene rings is 1. The highest BCUT2D eigenvalue weighted by Crippen LogP contribution is 2.22. The zero-order chi connectivity index (χ0) is 13.5. The van der Waals surface area contributed by atoms with Crippen molar-refractivity contribution in [3.63, 3.8) is 0 Å². The smallest absolute Gasteiger partial charge is 0.0641 e. The first-order chi connectivity index (χ1) is 9.36. The summed E-state index contributed by atoms with van der Waals surface area (Å²) < 4.78 is 7.49. The third kappa shape index (κ3) is 3.58. The molecule has 0 fully saturated rings. The van der Waals surface area contributed by atoms with Crippen molar-refractivity contribution in [3.05, 3.63) is 36.0 Å². The lowest BCUT2D eigenvalue weighted by molar-refractivity contribution is 0.188. The monoisotopic (exact) mass is 260 g/mol. The molecular weight excluding hydrogens is 236 g/mol. The summed E-state index contributed by atoms with van der Waals surface area (Å²) in [5, 5.41) is 4.77. The lowest BCUT2D eigenvalue weighted by Crippen LogP contribution is -2.14. The minimum atomic E-state index is 0.759. The first-order valence-electron chi connectivity index (χ1n) is 7.13. The second-order valence-electron chi connectivity index (χ2n) is 4.81. The largest absolute Gasteiger partial charge is 0.383 e. The Morgan fingerprint density at radius 1 is 1.26 bits per heavy atom. The first kappa shape index (κ1) is 14.1. The summed E-state index contributed by atoms with van der Waals surface area (Å²) in [5.41, 5.74) is 2.77. The number of aromatic nitrogens is 1. The molecule has 0 saturated carbocycles. The van der Waals surface area contributed by atoms with Gasteiger partial charge in [-0.05, 0) is 37.6 Å². The van der Waals surface area contributed by atoms with Gasteiger partial charge in [-0.2, -0.15) is 0 Å². The quantitative estimate of drug-likeness (QED) is 0.739. The van der Waals surface area contributed by atoms with Crippen LogP contribution in [0.5, 0.6) is 0 Å². The minimum absolute atomic E-state index is 0.759. The van der Waals surface area contributed by atoms with E-state index in [4.69, 9.17) is 4.74 Å². The van der Waals surface area contributed by atoms with Gasteiger partial charge in [0, 0.05) is 30.8 Å². The van der Waals surface area contributed by atoms with Crippen molar-refractivity contribution in [2.75, 3.05) is 26.8 Å². The Morgan fingerprint density at radius 2 is 2.11 bits per heavy atom. The van der Waals surface area contributed by atoms with Gasteiger partial charge in [-0.3, -0.25) is 0 Å². The van der Waals surface area contributed by atoms with E-state index in [-0.39, 0.29) is 0 Å². The molecule has 3 heteroatoms. The van der Waals surface area contributed by atoms with Crippen LogP contribution < -0.4 is 5.32 Å². The van der Waals surface area contributed by atoms with Crippen molar-refractivity contribution in [2.45, 2.75) is 26.3 Å². The molecule has 19 heavy (non-hydrogen) atoms.